The van der Waals surface area contributed by atoms with Crippen molar-refractivity contribution in [3.63, 3.8) is 0 Å². The van der Waals surface area contributed by atoms with Crippen molar-refractivity contribution in [1.29, 1.82) is 0 Å². The summed E-state index contributed by atoms with van der Waals surface area (Å²) < 4.78 is 0. The first-order valence-corrected chi connectivity index (χ1v) is 7.60. The minimum absolute atomic E-state index is 0.0270. The summed E-state index contributed by atoms with van der Waals surface area (Å²) in [5, 5.41) is 13.3. The smallest absolute Gasteiger partial charge is 0.313 e. The third-order valence-corrected chi connectivity index (χ3v) is 4.60. The van der Waals surface area contributed by atoms with Crippen molar-refractivity contribution >= 4 is 35.0 Å². The molecule has 0 aliphatic heterocycles. The molecule has 1 heterocycles. The minimum atomic E-state index is -0.828. The maximum absolute atomic E-state index is 12.0. The van der Waals surface area contributed by atoms with Gasteiger partial charge in [0, 0.05) is 17.2 Å². The summed E-state index contributed by atoms with van der Waals surface area (Å²) in [6, 6.07) is 3.88. The lowest BCUT2D eigenvalue weighted by Crippen LogP contribution is -2.40. The number of thiophene rings is 1. The number of hydrogen-bond acceptors (Lipinski definition) is 4. The van der Waals surface area contributed by atoms with Gasteiger partial charge in [0.15, 0.2) is 0 Å². The van der Waals surface area contributed by atoms with Crippen molar-refractivity contribution in [2.45, 2.75) is 19.3 Å². The Labute approximate surface area is 115 Å². The molecule has 0 aromatic carbocycles. The highest BCUT2D eigenvalue weighted by molar-refractivity contribution is 7.99. The Kier molecular flexibility index (Phi) is 5.68. The molecule has 0 aliphatic carbocycles. The topological polar surface area (TPSA) is 66.4 Å². The molecule has 18 heavy (non-hydrogen) atoms. The first-order valence-electron chi connectivity index (χ1n) is 5.56. The van der Waals surface area contributed by atoms with E-state index in [1.54, 1.807) is 11.3 Å². The number of rotatable bonds is 7. The first-order chi connectivity index (χ1) is 8.44. The van der Waals surface area contributed by atoms with Gasteiger partial charge in [-0.25, -0.2) is 0 Å². The lowest BCUT2D eigenvalue weighted by atomic mass is 9.90. The van der Waals surface area contributed by atoms with Gasteiger partial charge in [0.25, 0.3) is 0 Å². The second kappa shape index (κ2) is 6.80. The summed E-state index contributed by atoms with van der Waals surface area (Å²) in [6.45, 7) is 4.27. The molecule has 1 rings (SSSR count). The number of nitrogens with one attached hydrogen (secondary N) is 1. The van der Waals surface area contributed by atoms with E-state index in [1.165, 1.54) is 11.8 Å². The molecule has 0 aliphatic rings. The summed E-state index contributed by atoms with van der Waals surface area (Å²) in [4.78, 5) is 23.4. The van der Waals surface area contributed by atoms with Gasteiger partial charge in [-0.15, -0.1) is 23.1 Å². The lowest BCUT2D eigenvalue weighted by molar-refractivity contribution is -0.134. The average molecular weight is 287 g/mol. The maximum Gasteiger partial charge on any atom is 0.313 e. The number of carbonyl (C=O) groups excluding carboxylic acids is 1. The van der Waals surface area contributed by atoms with Gasteiger partial charge in [-0.2, -0.15) is 0 Å². The molecule has 1 aromatic heterocycles. The molecule has 4 nitrogen and oxygen atoms in total. The number of carbonyl (C=O) groups is 2. The van der Waals surface area contributed by atoms with Crippen LogP contribution in [0.4, 0.5) is 0 Å². The van der Waals surface area contributed by atoms with E-state index < -0.39 is 11.4 Å². The second-order valence-corrected chi connectivity index (χ2v) is 6.36. The van der Waals surface area contributed by atoms with E-state index in [0.717, 1.165) is 4.88 Å². The van der Waals surface area contributed by atoms with E-state index in [-0.39, 0.29) is 11.7 Å². The van der Waals surface area contributed by atoms with Crippen LogP contribution in [-0.2, 0) is 15.0 Å². The van der Waals surface area contributed by atoms with Crippen LogP contribution in [0.5, 0.6) is 0 Å². The van der Waals surface area contributed by atoms with Crippen LogP contribution in [0, 0.1) is 0 Å². The standard InChI is InChI=1S/C12H17NO3S2/c1-12(2,9-4-3-6-18-9)11(16)13-5-7-17-8-10(14)15/h3-4,6H,5,7-8H2,1-2H3,(H,13,16)(H,14,15). The quantitative estimate of drug-likeness (QED) is 0.752. The van der Waals surface area contributed by atoms with E-state index in [1.807, 2.05) is 31.4 Å². The first kappa shape index (κ1) is 15.0. The third-order valence-electron chi connectivity index (χ3n) is 2.46. The monoisotopic (exact) mass is 287 g/mol. The largest absolute Gasteiger partial charge is 0.481 e. The van der Waals surface area contributed by atoms with Gasteiger partial charge in [0.2, 0.25) is 5.91 Å². The lowest BCUT2D eigenvalue weighted by Gasteiger charge is -2.22. The van der Waals surface area contributed by atoms with E-state index >= 15 is 0 Å². The van der Waals surface area contributed by atoms with Crippen molar-refractivity contribution in [1.82, 2.24) is 5.32 Å². The zero-order valence-electron chi connectivity index (χ0n) is 10.4. The summed E-state index contributed by atoms with van der Waals surface area (Å²) in [6.07, 6.45) is 0. The molecule has 0 unspecified atom stereocenters. The Morgan fingerprint density at radius 3 is 2.78 bits per heavy atom. The third kappa shape index (κ3) is 4.34. The Bertz CT molecular complexity index is 401. The van der Waals surface area contributed by atoms with Crippen molar-refractivity contribution in [2.75, 3.05) is 18.1 Å². The minimum Gasteiger partial charge on any atom is -0.481 e. The molecule has 6 heteroatoms. The predicted octanol–water partition coefficient (Wildman–Crippen LogP) is 1.96. The summed E-state index contributed by atoms with van der Waals surface area (Å²) in [7, 11) is 0. The van der Waals surface area contributed by atoms with Crippen LogP contribution in [0.3, 0.4) is 0 Å². The van der Waals surface area contributed by atoms with Crippen LogP contribution >= 0.6 is 23.1 Å². The van der Waals surface area contributed by atoms with Gasteiger partial charge in [-0.3, -0.25) is 9.59 Å². The van der Waals surface area contributed by atoms with E-state index in [9.17, 15) is 9.59 Å². The molecule has 0 atom stereocenters. The highest BCUT2D eigenvalue weighted by Gasteiger charge is 2.30. The number of carboxylic acids is 1. The van der Waals surface area contributed by atoms with Crippen LogP contribution in [0.2, 0.25) is 0 Å². The van der Waals surface area contributed by atoms with E-state index in [2.05, 4.69) is 5.32 Å². The van der Waals surface area contributed by atoms with Crippen LogP contribution in [-0.4, -0.2) is 35.0 Å². The number of carboxylic acid groups (broad SMARTS) is 1. The van der Waals surface area contributed by atoms with Gasteiger partial charge in [-0.05, 0) is 25.3 Å². The predicted molar refractivity (Wildman–Crippen MR) is 75.3 cm³/mol. The molecule has 0 radical (unpaired) electrons. The van der Waals surface area contributed by atoms with Gasteiger partial charge in [0.1, 0.15) is 0 Å². The zero-order chi connectivity index (χ0) is 13.6. The fraction of sp³-hybridized carbons (Fsp3) is 0.500. The SMILES string of the molecule is CC(C)(C(=O)NCCSCC(=O)O)c1cccs1. The zero-order valence-corrected chi connectivity index (χ0v) is 12.1. The Hall–Kier alpha value is -1.01. The van der Waals surface area contributed by atoms with Crippen LogP contribution < -0.4 is 5.32 Å². The molecule has 0 fully saturated rings. The number of amides is 1. The van der Waals surface area contributed by atoms with Gasteiger partial charge >= 0.3 is 5.97 Å². The van der Waals surface area contributed by atoms with Crippen molar-refractivity contribution < 1.29 is 14.7 Å². The molecular formula is C12H17NO3S2. The average Bonchev–Trinajstić information content (AvgIpc) is 2.81. The molecule has 1 amide bonds. The van der Waals surface area contributed by atoms with Crippen LogP contribution in [0.1, 0.15) is 18.7 Å². The van der Waals surface area contributed by atoms with Gasteiger partial charge in [0.05, 0.1) is 11.2 Å². The Morgan fingerprint density at radius 1 is 1.50 bits per heavy atom. The molecule has 100 valence electrons. The normalized spacial score (nSPS) is 11.2. The van der Waals surface area contributed by atoms with Crippen molar-refractivity contribution in [3.8, 4) is 0 Å². The van der Waals surface area contributed by atoms with Crippen molar-refractivity contribution in [3.05, 3.63) is 22.4 Å². The van der Waals surface area contributed by atoms with Gasteiger partial charge < -0.3 is 10.4 Å². The summed E-state index contributed by atoms with van der Waals surface area (Å²) in [5.74, 6) is -0.172. The van der Waals surface area contributed by atoms with E-state index in [0.29, 0.717) is 12.3 Å². The number of aliphatic carboxylic acids is 1. The van der Waals surface area contributed by atoms with Gasteiger partial charge in [-0.1, -0.05) is 6.07 Å². The molecular weight excluding hydrogens is 270 g/mol. The molecule has 0 saturated carbocycles. The van der Waals surface area contributed by atoms with Crippen molar-refractivity contribution in [2.24, 2.45) is 0 Å². The number of hydrogen-bond donors (Lipinski definition) is 2. The maximum atomic E-state index is 12.0. The molecule has 0 spiro atoms. The van der Waals surface area contributed by atoms with Crippen LogP contribution in [0.15, 0.2) is 17.5 Å². The second-order valence-electron chi connectivity index (χ2n) is 4.30. The van der Waals surface area contributed by atoms with Crippen LogP contribution in [0.25, 0.3) is 0 Å². The molecule has 0 saturated heterocycles. The summed E-state index contributed by atoms with van der Waals surface area (Å²) >= 11 is 2.86. The molecule has 0 bridgehead atoms. The number of thioether (sulfide) groups is 1. The fourth-order valence-electron chi connectivity index (χ4n) is 1.36. The summed E-state index contributed by atoms with van der Waals surface area (Å²) in [5.41, 5.74) is -0.536. The molecule has 1 aromatic rings. The Balaban J connectivity index is 2.34. The fourth-order valence-corrected chi connectivity index (χ4v) is 2.78. The molecule has 2 N–H and O–H groups in total. The van der Waals surface area contributed by atoms with E-state index in [4.69, 9.17) is 5.11 Å². The highest BCUT2D eigenvalue weighted by atomic mass is 32.2. The Morgan fingerprint density at radius 2 is 2.22 bits per heavy atom. The highest BCUT2D eigenvalue weighted by Crippen LogP contribution is 2.27.